The second-order valence-electron chi connectivity index (χ2n) is 9.40. The number of alkyl halides is 3. The minimum atomic E-state index is -4.87. The highest BCUT2D eigenvalue weighted by Crippen LogP contribution is 2.32. The molecule has 4 aromatic rings. The number of ketones is 1. The van der Waals surface area contributed by atoms with Crippen LogP contribution in [0.3, 0.4) is 0 Å². The molecule has 4 rings (SSSR count). The third-order valence-electron chi connectivity index (χ3n) is 6.40. The summed E-state index contributed by atoms with van der Waals surface area (Å²) in [6.07, 6.45) is -5.31. The van der Waals surface area contributed by atoms with Crippen molar-refractivity contribution in [1.29, 1.82) is 0 Å². The van der Waals surface area contributed by atoms with Gasteiger partial charge in [-0.15, -0.1) is 13.2 Å². The first-order valence-corrected chi connectivity index (χ1v) is 14.3. The summed E-state index contributed by atoms with van der Waals surface area (Å²) >= 11 is 0. The summed E-state index contributed by atoms with van der Waals surface area (Å²) in [6, 6.07) is 27.3. The van der Waals surface area contributed by atoms with Crippen molar-refractivity contribution in [2.45, 2.75) is 29.3 Å². The summed E-state index contributed by atoms with van der Waals surface area (Å²) < 4.78 is 55.3. The van der Waals surface area contributed by atoms with Gasteiger partial charge in [-0.25, -0.2) is 0 Å². The molecule has 0 fully saturated rings. The zero-order chi connectivity index (χ0) is 31.0. The fourth-order valence-electron chi connectivity index (χ4n) is 4.26. The molecule has 7 nitrogen and oxygen atoms in total. The van der Waals surface area contributed by atoms with Gasteiger partial charge in [0.05, 0.1) is 22.5 Å². The third kappa shape index (κ3) is 8.86. The molecule has 0 aliphatic heterocycles. The summed E-state index contributed by atoms with van der Waals surface area (Å²) in [5, 5.41) is 10.4. The molecule has 0 spiro atoms. The predicted molar refractivity (Wildman–Crippen MR) is 154 cm³/mol. The fraction of sp³-hybridized carbons (Fsp3) is 0.156. The van der Waals surface area contributed by atoms with Crippen LogP contribution in [0.25, 0.3) is 11.1 Å². The Kier molecular flexibility index (Phi) is 10.1. The van der Waals surface area contributed by atoms with E-state index in [-0.39, 0.29) is 30.5 Å². The van der Waals surface area contributed by atoms with E-state index >= 15 is 0 Å². The number of carboxylic acids is 1. The van der Waals surface area contributed by atoms with Crippen LogP contribution in [0.5, 0.6) is 5.75 Å². The summed E-state index contributed by atoms with van der Waals surface area (Å²) in [6.45, 7) is -0.0473. The summed E-state index contributed by atoms with van der Waals surface area (Å²) in [5.74, 6) is -2.43. The van der Waals surface area contributed by atoms with Crippen molar-refractivity contribution in [2.75, 3.05) is 6.54 Å². The maximum Gasteiger partial charge on any atom is 0.573 e. The lowest BCUT2D eigenvalue weighted by Gasteiger charge is -2.18. The molecule has 0 radical (unpaired) electrons. The summed E-state index contributed by atoms with van der Waals surface area (Å²) in [4.78, 5) is 36.6. The van der Waals surface area contributed by atoms with Crippen molar-refractivity contribution in [3.05, 3.63) is 120 Å². The molecule has 2 N–H and O–H groups in total. The molecule has 2 unspecified atom stereocenters. The molecule has 4 aromatic carbocycles. The lowest BCUT2D eigenvalue weighted by atomic mass is 9.99. The van der Waals surface area contributed by atoms with E-state index in [1.54, 1.807) is 12.1 Å². The van der Waals surface area contributed by atoms with Crippen molar-refractivity contribution in [1.82, 2.24) is 5.32 Å². The van der Waals surface area contributed by atoms with E-state index in [1.807, 2.05) is 42.5 Å². The van der Waals surface area contributed by atoms with Crippen molar-refractivity contribution in [3.63, 3.8) is 0 Å². The smallest absolute Gasteiger partial charge is 0.481 e. The average Bonchev–Trinajstić information content (AvgIpc) is 2.99. The van der Waals surface area contributed by atoms with Gasteiger partial charge < -0.3 is 15.2 Å². The Bertz CT molecular complexity index is 1590. The van der Waals surface area contributed by atoms with Gasteiger partial charge in [-0.3, -0.25) is 18.6 Å². The highest BCUT2D eigenvalue weighted by atomic mass is 32.2. The third-order valence-corrected chi connectivity index (χ3v) is 8.09. The first-order chi connectivity index (χ1) is 20.5. The topological polar surface area (TPSA) is 110 Å². The van der Waals surface area contributed by atoms with Crippen LogP contribution in [0.1, 0.15) is 44.4 Å². The van der Waals surface area contributed by atoms with E-state index < -0.39 is 45.8 Å². The molecule has 1 amide bonds. The lowest BCUT2D eigenvalue weighted by Crippen LogP contribution is -2.25. The molecule has 0 saturated heterocycles. The summed E-state index contributed by atoms with van der Waals surface area (Å²) in [5.41, 5.74) is 2.87. The molecule has 0 aliphatic carbocycles. The fourth-order valence-corrected chi connectivity index (χ4v) is 5.70. The number of hydrogen-bond acceptors (Lipinski definition) is 5. The Hall–Kier alpha value is -4.77. The van der Waals surface area contributed by atoms with E-state index in [0.717, 1.165) is 23.3 Å². The van der Waals surface area contributed by atoms with Crippen LogP contribution in [0, 0.1) is 0 Å². The highest BCUT2D eigenvalue weighted by Gasteiger charge is 2.31. The van der Waals surface area contributed by atoms with Crippen LogP contribution < -0.4 is 10.1 Å². The average molecular weight is 610 g/mol. The van der Waals surface area contributed by atoms with Gasteiger partial charge in [-0.05, 0) is 65.2 Å². The maximum atomic E-state index is 13.9. The Balaban J connectivity index is 1.58. The Labute approximate surface area is 247 Å². The molecular weight excluding hydrogens is 583 g/mol. The molecular formula is C32H26F3NO6S. The molecule has 0 saturated carbocycles. The van der Waals surface area contributed by atoms with Gasteiger partial charge in [0.25, 0.3) is 5.91 Å². The van der Waals surface area contributed by atoms with E-state index in [9.17, 15) is 31.8 Å². The van der Waals surface area contributed by atoms with E-state index in [1.165, 1.54) is 36.4 Å². The van der Waals surface area contributed by atoms with Crippen molar-refractivity contribution < 1.29 is 41.6 Å². The second-order valence-corrected chi connectivity index (χ2v) is 11.0. The van der Waals surface area contributed by atoms with Crippen LogP contribution in [-0.4, -0.2) is 39.9 Å². The minimum Gasteiger partial charge on any atom is -0.481 e. The van der Waals surface area contributed by atoms with E-state index in [2.05, 4.69) is 10.1 Å². The van der Waals surface area contributed by atoms with Crippen molar-refractivity contribution >= 4 is 28.5 Å². The van der Waals surface area contributed by atoms with Crippen molar-refractivity contribution in [2.24, 2.45) is 0 Å². The SMILES string of the molecule is O=C(O)CCNC(=O)c1ccc(S(=O)C(CC(=O)c2ccc(OC(F)(F)F)cc2)c2ccc(-c3ccccc3)cc2)cc1. The minimum absolute atomic E-state index is 0.0473. The quantitative estimate of drug-likeness (QED) is 0.176. The molecule has 0 aliphatic rings. The van der Waals surface area contributed by atoms with Crippen LogP contribution in [0.2, 0.25) is 0 Å². The highest BCUT2D eigenvalue weighted by molar-refractivity contribution is 7.85. The van der Waals surface area contributed by atoms with Crippen LogP contribution >= 0.6 is 0 Å². The number of hydrogen-bond donors (Lipinski definition) is 2. The largest absolute Gasteiger partial charge is 0.573 e. The van der Waals surface area contributed by atoms with Crippen molar-refractivity contribution in [3.8, 4) is 16.9 Å². The lowest BCUT2D eigenvalue weighted by molar-refractivity contribution is -0.274. The van der Waals surface area contributed by atoms with Gasteiger partial charge in [0, 0.05) is 29.0 Å². The van der Waals surface area contributed by atoms with Gasteiger partial charge in [0.1, 0.15) is 5.75 Å². The zero-order valence-corrected chi connectivity index (χ0v) is 23.4. The number of nitrogens with one attached hydrogen (secondary N) is 1. The number of ether oxygens (including phenoxy) is 1. The van der Waals surface area contributed by atoms with Gasteiger partial charge in [-0.2, -0.15) is 0 Å². The predicted octanol–water partition coefficient (Wildman–Crippen LogP) is 6.58. The molecule has 11 heteroatoms. The number of amides is 1. The summed E-state index contributed by atoms with van der Waals surface area (Å²) in [7, 11) is -1.77. The Morgan fingerprint density at radius 2 is 1.37 bits per heavy atom. The molecule has 43 heavy (non-hydrogen) atoms. The molecule has 0 heterocycles. The van der Waals surface area contributed by atoms with E-state index in [4.69, 9.17) is 5.11 Å². The number of carbonyl (C=O) groups is 3. The zero-order valence-electron chi connectivity index (χ0n) is 22.5. The Morgan fingerprint density at radius 3 is 1.95 bits per heavy atom. The number of carboxylic acid groups (broad SMARTS) is 1. The number of rotatable bonds is 12. The second kappa shape index (κ2) is 13.9. The van der Waals surface area contributed by atoms with Gasteiger partial charge in [0.2, 0.25) is 0 Å². The number of halogens is 3. The first-order valence-electron chi connectivity index (χ1n) is 13.1. The number of carbonyl (C=O) groups excluding carboxylic acids is 2. The number of Topliss-reactive ketones (excluding diaryl/α,β-unsaturated/α-hetero) is 1. The van der Waals surface area contributed by atoms with Gasteiger partial charge >= 0.3 is 12.3 Å². The number of aliphatic carboxylic acids is 1. The monoisotopic (exact) mass is 609 g/mol. The maximum absolute atomic E-state index is 13.9. The molecule has 2 atom stereocenters. The van der Waals surface area contributed by atoms with Gasteiger partial charge in [-0.1, -0.05) is 54.6 Å². The first kappa shape index (κ1) is 31.2. The van der Waals surface area contributed by atoms with Gasteiger partial charge in [0.15, 0.2) is 5.78 Å². The molecule has 0 bridgehead atoms. The molecule has 222 valence electrons. The standard InChI is InChI=1S/C32H26F3NO6S/c33-32(34,35)42-26-14-10-23(11-15-26)28(37)20-29(24-8-6-22(7-9-24)21-4-2-1-3-5-21)43(41)27-16-12-25(13-17-27)31(40)36-19-18-30(38)39/h1-17,29H,18-20H2,(H,36,40)(H,38,39). The number of benzene rings is 4. The van der Waals surface area contributed by atoms with Crippen LogP contribution in [0.15, 0.2) is 108 Å². The van der Waals surface area contributed by atoms with Crippen LogP contribution in [-0.2, 0) is 15.6 Å². The molecule has 0 aromatic heterocycles. The normalized spacial score (nSPS) is 12.6. The van der Waals surface area contributed by atoms with E-state index in [0.29, 0.717) is 10.5 Å². The van der Waals surface area contributed by atoms with Crippen LogP contribution in [0.4, 0.5) is 13.2 Å². The Morgan fingerprint density at radius 1 is 0.791 bits per heavy atom.